The lowest BCUT2D eigenvalue weighted by Crippen LogP contribution is -2.30. The lowest BCUT2D eigenvalue weighted by atomic mass is 9.86. The number of aromatic nitrogens is 1. The van der Waals surface area contributed by atoms with E-state index in [9.17, 15) is 22.8 Å². The molecule has 10 heteroatoms. The molecular formula is C29H39N3O6S. The maximum atomic E-state index is 12.7. The van der Waals surface area contributed by atoms with Gasteiger partial charge >= 0.3 is 5.97 Å². The van der Waals surface area contributed by atoms with Crippen LogP contribution in [0.25, 0.3) is 0 Å². The third kappa shape index (κ3) is 10.1. The van der Waals surface area contributed by atoms with E-state index < -0.39 is 21.9 Å². The average molecular weight is 558 g/mol. The first-order chi connectivity index (χ1) is 18.8. The van der Waals surface area contributed by atoms with Crippen LogP contribution in [-0.4, -0.2) is 44.3 Å². The molecule has 0 spiro atoms. The minimum atomic E-state index is -4.11. The van der Waals surface area contributed by atoms with Crippen LogP contribution in [0.4, 0.5) is 0 Å². The molecule has 1 aliphatic carbocycles. The first-order valence-electron chi connectivity index (χ1n) is 13.8. The minimum Gasteiger partial charge on any atom is -0.461 e. The van der Waals surface area contributed by atoms with Crippen molar-refractivity contribution in [3.63, 3.8) is 0 Å². The van der Waals surface area contributed by atoms with E-state index in [0.717, 1.165) is 37.4 Å². The maximum Gasteiger partial charge on any atom is 0.356 e. The second kappa shape index (κ2) is 15.4. The highest BCUT2D eigenvalue weighted by molar-refractivity contribution is 7.90. The number of ether oxygens (including phenoxy) is 1. The Labute approximate surface area is 231 Å². The molecule has 1 fully saturated rings. The number of pyridine rings is 1. The van der Waals surface area contributed by atoms with Crippen LogP contribution in [0.3, 0.4) is 0 Å². The van der Waals surface area contributed by atoms with Crippen LogP contribution >= 0.6 is 0 Å². The normalized spacial score (nSPS) is 14.0. The minimum absolute atomic E-state index is 0.00282. The van der Waals surface area contributed by atoms with Gasteiger partial charge in [-0.3, -0.25) is 9.59 Å². The molecule has 9 nitrogen and oxygen atoms in total. The third-order valence-corrected chi connectivity index (χ3v) is 8.26. The Hall–Kier alpha value is -3.27. The van der Waals surface area contributed by atoms with Crippen molar-refractivity contribution in [2.45, 2.75) is 82.4 Å². The molecule has 1 aliphatic rings. The molecule has 39 heavy (non-hydrogen) atoms. The Morgan fingerprint density at radius 1 is 1.00 bits per heavy atom. The van der Waals surface area contributed by atoms with Crippen LogP contribution in [0.5, 0.6) is 0 Å². The molecule has 0 radical (unpaired) electrons. The van der Waals surface area contributed by atoms with Crippen molar-refractivity contribution in [1.82, 2.24) is 15.0 Å². The molecule has 212 valence electrons. The summed E-state index contributed by atoms with van der Waals surface area (Å²) in [6.07, 6.45) is 12.2. The molecule has 0 aliphatic heterocycles. The van der Waals surface area contributed by atoms with Crippen molar-refractivity contribution in [2.75, 3.05) is 13.2 Å². The van der Waals surface area contributed by atoms with Crippen molar-refractivity contribution in [2.24, 2.45) is 5.92 Å². The van der Waals surface area contributed by atoms with E-state index in [0.29, 0.717) is 31.9 Å². The molecule has 2 amide bonds. The molecule has 1 aromatic carbocycles. The summed E-state index contributed by atoms with van der Waals surface area (Å²) < 4.78 is 32.5. The summed E-state index contributed by atoms with van der Waals surface area (Å²) in [6, 6.07) is 8.82. The molecule has 0 atom stereocenters. The number of sulfonamides is 1. The SMILES string of the molecule is CCCCCOC(=O)c1ccc(C(=O)NS(=O)(=O)c2ccc(CCNC(=O)CCC3CCCCC3)cc2)cn1. The van der Waals surface area contributed by atoms with Crippen molar-refractivity contribution in [3.05, 3.63) is 59.4 Å². The highest BCUT2D eigenvalue weighted by Crippen LogP contribution is 2.27. The first kappa shape index (κ1) is 30.3. The number of benzene rings is 1. The van der Waals surface area contributed by atoms with E-state index in [-0.39, 0.29) is 22.1 Å². The molecular weight excluding hydrogens is 518 g/mol. The molecule has 3 rings (SSSR count). The Kier molecular flexibility index (Phi) is 11.9. The molecule has 1 heterocycles. The largest absolute Gasteiger partial charge is 0.461 e. The zero-order valence-electron chi connectivity index (χ0n) is 22.6. The number of hydrogen-bond acceptors (Lipinski definition) is 7. The number of amides is 2. The highest BCUT2D eigenvalue weighted by atomic mass is 32.2. The maximum absolute atomic E-state index is 12.7. The fourth-order valence-corrected chi connectivity index (χ4v) is 5.53. The molecule has 0 unspecified atom stereocenters. The molecule has 1 aromatic heterocycles. The van der Waals surface area contributed by atoms with Gasteiger partial charge in [-0.2, -0.15) is 0 Å². The van der Waals surface area contributed by atoms with Crippen LogP contribution < -0.4 is 10.0 Å². The smallest absolute Gasteiger partial charge is 0.356 e. The summed E-state index contributed by atoms with van der Waals surface area (Å²) in [7, 11) is -4.11. The van der Waals surface area contributed by atoms with E-state index in [4.69, 9.17) is 4.74 Å². The van der Waals surface area contributed by atoms with E-state index >= 15 is 0 Å². The summed E-state index contributed by atoms with van der Waals surface area (Å²) >= 11 is 0. The van der Waals surface area contributed by atoms with E-state index in [1.54, 1.807) is 12.1 Å². The van der Waals surface area contributed by atoms with Gasteiger partial charge in [-0.15, -0.1) is 0 Å². The summed E-state index contributed by atoms with van der Waals surface area (Å²) in [5.74, 6) is -0.733. The van der Waals surface area contributed by atoms with Crippen LogP contribution in [0.1, 0.15) is 97.5 Å². The van der Waals surface area contributed by atoms with Crippen molar-refractivity contribution in [1.29, 1.82) is 0 Å². The number of carbonyl (C=O) groups excluding carboxylic acids is 3. The highest BCUT2D eigenvalue weighted by Gasteiger charge is 2.20. The van der Waals surface area contributed by atoms with Gasteiger partial charge in [-0.05, 0) is 55.0 Å². The Balaban J connectivity index is 1.44. The molecule has 2 N–H and O–H groups in total. The van der Waals surface area contributed by atoms with Gasteiger partial charge in [0.2, 0.25) is 5.91 Å². The molecule has 2 aromatic rings. The van der Waals surface area contributed by atoms with E-state index in [2.05, 4.69) is 10.3 Å². The predicted octanol–water partition coefficient (Wildman–Crippen LogP) is 4.57. The van der Waals surface area contributed by atoms with Gasteiger partial charge in [0.05, 0.1) is 17.1 Å². The van der Waals surface area contributed by atoms with Gasteiger partial charge in [-0.25, -0.2) is 22.9 Å². The summed E-state index contributed by atoms with van der Waals surface area (Å²) in [6.45, 7) is 2.82. The van der Waals surface area contributed by atoms with Gasteiger partial charge in [-0.1, -0.05) is 64.0 Å². The van der Waals surface area contributed by atoms with Crippen molar-refractivity contribution in [3.8, 4) is 0 Å². The summed E-state index contributed by atoms with van der Waals surface area (Å²) in [5, 5.41) is 2.94. The monoisotopic (exact) mass is 557 g/mol. The fourth-order valence-electron chi connectivity index (χ4n) is 4.56. The molecule has 0 bridgehead atoms. The van der Waals surface area contributed by atoms with Crippen LogP contribution in [0, 0.1) is 5.92 Å². The Morgan fingerprint density at radius 3 is 2.41 bits per heavy atom. The van der Waals surface area contributed by atoms with E-state index in [1.807, 2.05) is 11.6 Å². The van der Waals surface area contributed by atoms with Gasteiger partial charge in [0.1, 0.15) is 5.69 Å². The van der Waals surface area contributed by atoms with Crippen molar-refractivity contribution >= 4 is 27.8 Å². The second-order valence-corrected chi connectivity index (χ2v) is 11.7. The van der Waals surface area contributed by atoms with Gasteiger partial charge < -0.3 is 10.1 Å². The number of nitrogens with zero attached hydrogens (tertiary/aromatic N) is 1. The predicted molar refractivity (Wildman–Crippen MR) is 148 cm³/mol. The zero-order chi connectivity index (χ0) is 28.1. The number of esters is 1. The molecule has 0 saturated heterocycles. The number of rotatable bonds is 14. The third-order valence-electron chi connectivity index (χ3n) is 6.92. The number of hydrogen-bond donors (Lipinski definition) is 2. The van der Waals surface area contributed by atoms with Gasteiger partial charge in [0.15, 0.2) is 0 Å². The zero-order valence-corrected chi connectivity index (χ0v) is 23.4. The number of unbranched alkanes of at least 4 members (excludes halogenated alkanes) is 2. The summed E-state index contributed by atoms with van der Waals surface area (Å²) in [4.78, 5) is 40.5. The fraction of sp³-hybridized carbons (Fsp3) is 0.517. The Bertz CT molecular complexity index is 1190. The van der Waals surface area contributed by atoms with Gasteiger partial charge in [0, 0.05) is 19.2 Å². The summed E-state index contributed by atoms with van der Waals surface area (Å²) in [5.41, 5.74) is 0.910. The number of nitrogens with one attached hydrogen (secondary N) is 2. The standard InChI is InChI=1S/C29H39N3O6S/c1-2-3-7-20-38-29(35)26-16-13-24(21-31-26)28(34)32-39(36,37)25-14-10-23(11-15-25)18-19-30-27(33)17-12-22-8-5-4-6-9-22/h10-11,13-16,21-22H,2-9,12,17-20H2,1H3,(H,30,33)(H,32,34). The lowest BCUT2D eigenvalue weighted by Gasteiger charge is -2.20. The van der Waals surface area contributed by atoms with Crippen molar-refractivity contribution < 1.29 is 27.5 Å². The topological polar surface area (TPSA) is 132 Å². The molecule has 1 saturated carbocycles. The Morgan fingerprint density at radius 2 is 1.74 bits per heavy atom. The average Bonchev–Trinajstić information content (AvgIpc) is 2.95. The number of carbonyl (C=O) groups is 3. The second-order valence-electron chi connectivity index (χ2n) is 10.00. The van der Waals surface area contributed by atoms with Crippen LogP contribution in [0.2, 0.25) is 0 Å². The van der Waals surface area contributed by atoms with E-state index in [1.165, 1.54) is 56.4 Å². The lowest BCUT2D eigenvalue weighted by molar-refractivity contribution is -0.121. The van der Waals surface area contributed by atoms with Crippen LogP contribution in [0.15, 0.2) is 47.5 Å². The van der Waals surface area contributed by atoms with Crippen LogP contribution in [-0.2, 0) is 26.0 Å². The first-order valence-corrected chi connectivity index (χ1v) is 15.3. The quantitative estimate of drug-likeness (QED) is 0.257. The van der Waals surface area contributed by atoms with Gasteiger partial charge in [0.25, 0.3) is 15.9 Å².